The van der Waals surface area contributed by atoms with Crippen LogP contribution in [0.3, 0.4) is 0 Å². The maximum absolute atomic E-state index is 11.6. The second kappa shape index (κ2) is 6.87. The van der Waals surface area contributed by atoms with Gasteiger partial charge in [0.15, 0.2) is 0 Å². The standard InChI is InChI=1S/C11H17N3O4/c1-14-10(16)4-3-9(13-14)11(17)12-6-5-8(15)7-18-2/h3-4,8,15H,5-7H2,1-2H3,(H,12,17). The van der Waals surface area contributed by atoms with E-state index >= 15 is 0 Å². The Labute approximate surface area is 104 Å². The van der Waals surface area contributed by atoms with Gasteiger partial charge in [0.05, 0.1) is 12.7 Å². The van der Waals surface area contributed by atoms with Crippen molar-refractivity contribution in [3.05, 3.63) is 28.2 Å². The molecule has 1 unspecified atom stereocenters. The second-order valence-corrected chi connectivity index (χ2v) is 3.83. The normalized spacial score (nSPS) is 12.2. The number of aromatic nitrogens is 2. The molecule has 0 aromatic carbocycles. The molecule has 0 fully saturated rings. The Balaban J connectivity index is 2.45. The molecule has 7 nitrogen and oxygen atoms in total. The molecule has 1 heterocycles. The van der Waals surface area contributed by atoms with Crippen molar-refractivity contribution in [1.82, 2.24) is 15.1 Å². The maximum atomic E-state index is 11.6. The summed E-state index contributed by atoms with van der Waals surface area (Å²) in [6, 6.07) is 2.64. The highest BCUT2D eigenvalue weighted by Gasteiger charge is 2.09. The van der Waals surface area contributed by atoms with Gasteiger partial charge in [-0.1, -0.05) is 0 Å². The summed E-state index contributed by atoms with van der Waals surface area (Å²) < 4.78 is 5.85. The average Bonchev–Trinajstić information content (AvgIpc) is 2.33. The number of nitrogens with one attached hydrogen (secondary N) is 1. The first-order valence-corrected chi connectivity index (χ1v) is 5.54. The molecule has 0 aliphatic heterocycles. The number of hydrogen-bond donors (Lipinski definition) is 2. The summed E-state index contributed by atoms with van der Waals surface area (Å²) >= 11 is 0. The Morgan fingerprint density at radius 2 is 2.33 bits per heavy atom. The van der Waals surface area contributed by atoms with Crippen LogP contribution in [0.1, 0.15) is 16.9 Å². The monoisotopic (exact) mass is 255 g/mol. The first kappa shape index (κ1) is 14.3. The largest absolute Gasteiger partial charge is 0.391 e. The lowest BCUT2D eigenvalue weighted by atomic mass is 10.2. The number of carbonyl (C=O) groups excluding carboxylic acids is 1. The SMILES string of the molecule is COCC(O)CCNC(=O)c1ccc(=O)n(C)n1. The van der Waals surface area contributed by atoms with E-state index in [-0.39, 0.29) is 23.8 Å². The van der Waals surface area contributed by atoms with Gasteiger partial charge >= 0.3 is 0 Å². The molecule has 18 heavy (non-hydrogen) atoms. The zero-order valence-electron chi connectivity index (χ0n) is 10.4. The molecule has 1 aromatic rings. The molecule has 7 heteroatoms. The Bertz CT molecular complexity index is 458. The molecule has 0 saturated heterocycles. The molecule has 1 amide bonds. The van der Waals surface area contributed by atoms with Crippen molar-refractivity contribution in [1.29, 1.82) is 0 Å². The highest BCUT2D eigenvalue weighted by atomic mass is 16.5. The maximum Gasteiger partial charge on any atom is 0.271 e. The lowest BCUT2D eigenvalue weighted by molar-refractivity contribution is 0.0587. The molecular weight excluding hydrogens is 238 g/mol. The number of amides is 1. The van der Waals surface area contributed by atoms with Crippen LogP contribution in [0.4, 0.5) is 0 Å². The van der Waals surface area contributed by atoms with Gasteiger partial charge in [0.2, 0.25) is 0 Å². The third-order valence-corrected chi connectivity index (χ3v) is 2.32. The van der Waals surface area contributed by atoms with Crippen molar-refractivity contribution in [3.63, 3.8) is 0 Å². The highest BCUT2D eigenvalue weighted by molar-refractivity contribution is 5.91. The van der Waals surface area contributed by atoms with Crippen molar-refractivity contribution in [3.8, 4) is 0 Å². The van der Waals surface area contributed by atoms with Crippen LogP contribution in [0.15, 0.2) is 16.9 Å². The molecule has 2 N–H and O–H groups in total. The van der Waals surface area contributed by atoms with Gasteiger partial charge in [0.25, 0.3) is 11.5 Å². The Morgan fingerprint density at radius 3 is 2.94 bits per heavy atom. The summed E-state index contributed by atoms with van der Waals surface area (Å²) in [5, 5.41) is 15.8. The van der Waals surface area contributed by atoms with E-state index in [9.17, 15) is 14.7 Å². The number of carbonyl (C=O) groups is 1. The van der Waals surface area contributed by atoms with Gasteiger partial charge in [-0.25, -0.2) is 4.68 Å². The van der Waals surface area contributed by atoms with Gasteiger partial charge in [0, 0.05) is 26.8 Å². The van der Waals surface area contributed by atoms with Gasteiger partial charge in [-0.3, -0.25) is 9.59 Å². The molecule has 0 aliphatic carbocycles. The summed E-state index contributed by atoms with van der Waals surface area (Å²) in [6.45, 7) is 0.543. The third kappa shape index (κ3) is 4.27. The summed E-state index contributed by atoms with van der Waals surface area (Å²) in [7, 11) is 2.97. The van der Waals surface area contributed by atoms with Gasteiger partial charge in [-0.2, -0.15) is 5.10 Å². The summed E-state index contributed by atoms with van der Waals surface area (Å²) in [5.74, 6) is -0.379. The predicted molar refractivity (Wildman–Crippen MR) is 64.3 cm³/mol. The van der Waals surface area contributed by atoms with Crippen molar-refractivity contribution in [2.75, 3.05) is 20.3 Å². The number of aliphatic hydroxyl groups is 1. The number of ether oxygens (including phenoxy) is 1. The third-order valence-electron chi connectivity index (χ3n) is 2.32. The van der Waals surface area contributed by atoms with Gasteiger partial charge < -0.3 is 15.2 Å². The minimum absolute atomic E-state index is 0.165. The summed E-state index contributed by atoms with van der Waals surface area (Å²) in [5.41, 5.74) is -0.111. The minimum Gasteiger partial charge on any atom is -0.391 e. The smallest absolute Gasteiger partial charge is 0.271 e. The van der Waals surface area contributed by atoms with Crippen LogP contribution in [-0.2, 0) is 11.8 Å². The summed E-state index contributed by atoms with van der Waals surface area (Å²) in [6.07, 6.45) is -0.214. The Kier molecular flexibility index (Phi) is 5.47. The molecule has 0 spiro atoms. The molecular formula is C11H17N3O4. The lowest BCUT2D eigenvalue weighted by Gasteiger charge is -2.09. The van der Waals surface area contributed by atoms with Crippen LogP contribution in [0.25, 0.3) is 0 Å². The van der Waals surface area contributed by atoms with E-state index in [1.54, 1.807) is 0 Å². The average molecular weight is 255 g/mol. The van der Waals surface area contributed by atoms with Crippen molar-refractivity contribution in [2.45, 2.75) is 12.5 Å². The Morgan fingerprint density at radius 1 is 1.61 bits per heavy atom. The first-order valence-electron chi connectivity index (χ1n) is 5.54. The van der Waals surface area contributed by atoms with Crippen LogP contribution in [0.5, 0.6) is 0 Å². The fraction of sp³-hybridized carbons (Fsp3) is 0.545. The zero-order chi connectivity index (χ0) is 13.5. The lowest BCUT2D eigenvalue weighted by Crippen LogP contribution is -2.31. The number of rotatable bonds is 6. The molecule has 0 aliphatic rings. The fourth-order valence-electron chi connectivity index (χ4n) is 1.34. The van der Waals surface area contributed by atoms with Crippen molar-refractivity contribution >= 4 is 5.91 Å². The van der Waals surface area contributed by atoms with E-state index in [2.05, 4.69) is 10.4 Å². The van der Waals surface area contributed by atoms with Crippen LogP contribution < -0.4 is 10.9 Å². The fourth-order valence-corrected chi connectivity index (χ4v) is 1.34. The second-order valence-electron chi connectivity index (χ2n) is 3.83. The van der Waals surface area contributed by atoms with Crippen LogP contribution >= 0.6 is 0 Å². The molecule has 1 atom stereocenters. The number of hydrogen-bond acceptors (Lipinski definition) is 5. The summed E-state index contributed by atoms with van der Waals surface area (Å²) in [4.78, 5) is 22.7. The Hall–Kier alpha value is -1.73. The predicted octanol–water partition coefficient (Wildman–Crippen LogP) is -1.09. The van der Waals surface area contributed by atoms with E-state index in [0.29, 0.717) is 13.0 Å². The molecule has 1 rings (SSSR count). The quantitative estimate of drug-likeness (QED) is 0.673. The van der Waals surface area contributed by atoms with Gasteiger partial charge in [-0.15, -0.1) is 0 Å². The van der Waals surface area contributed by atoms with Gasteiger partial charge in [-0.05, 0) is 12.5 Å². The molecule has 1 aromatic heterocycles. The van der Waals surface area contributed by atoms with Crippen molar-refractivity contribution in [2.24, 2.45) is 7.05 Å². The highest BCUT2D eigenvalue weighted by Crippen LogP contribution is 1.93. The van der Waals surface area contributed by atoms with E-state index in [0.717, 1.165) is 4.68 Å². The minimum atomic E-state index is -0.608. The topological polar surface area (TPSA) is 93.5 Å². The molecule has 0 bridgehead atoms. The van der Waals surface area contributed by atoms with Gasteiger partial charge in [0.1, 0.15) is 5.69 Å². The van der Waals surface area contributed by atoms with E-state index in [4.69, 9.17) is 4.74 Å². The first-order chi connectivity index (χ1) is 8.54. The van der Waals surface area contributed by atoms with Crippen LogP contribution in [0.2, 0.25) is 0 Å². The molecule has 100 valence electrons. The van der Waals surface area contributed by atoms with E-state index in [1.165, 1.54) is 26.3 Å². The van der Waals surface area contributed by atoms with E-state index in [1.807, 2.05) is 0 Å². The number of methoxy groups -OCH3 is 1. The van der Waals surface area contributed by atoms with Crippen LogP contribution in [-0.4, -0.2) is 47.2 Å². The van der Waals surface area contributed by atoms with Crippen LogP contribution in [0, 0.1) is 0 Å². The van der Waals surface area contributed by atoms with Crippen molar-refractivity contribution < 1.29 is 14.6 Å². The number of aliphatic hydroxyl groups excluding tert-OH is 1. The zero-order valence-corrected chi connectivity index (χ0v) is 10.4. The van der Waals surface area contributed by atoms with E-state index < -0.39 is 6.10 Å². The number of nitrogens with zero attached hydrogens (tertiary/aromatic N) is 2. The number of aryl methyl sites for hydroxylation is 1. The molecule has 0 saturated carbocycles. The molecule has 0 radical (unpaired) electrons.